The number of hydrogen-bond donors (Lipinski definition) is 1. The summed E-state index contributed by atoms with van der Waals surface area (Å²) in [4.78, 5) is 26.0. The van der Waals surface area contributed by atoms with Crippen molar-refractivity contribution >= 4 is 11.0 Å². The molecule has 0 radical (unpaired) electrons. The van der Waals surface area contributed by atoms with Gasteiger partial charge in [0.1, 0.15) is 17.1 Å². The van der Waals surface area contributed by atoms with E-state index in [0.29, 0.717) is 29.4 Å². The quantitative estimate of drug-likeness (QED) is 0.475. The lowest BCUT2D eigenvalue weighted by Crippen LogP contribution is -2.47. The molecule has 1 saturated heterocycles. The summed E-state index contributed by atoms with van der Waals surface area (Å²) < 4.78 is 7.73. The first-order chi connectivity index (χ1) is 16.9. The highest BCUT2D eigenvalue weighted by molar-refractivity contribution is 5.79. The summed E-state index contributed by atoms with van der Waals surface area (Å²) >= 11 is 0. The molecule has 3 aromatic rings. The van der Waals surface area contributed by atoms with Crippen LogP contribution in [0.4, 0.5) is 0 Å². The number of likely N-dealkylation sites (N-methyl/N-ethyl adjacent to an activating group) is 1. The average Bonchev–Trinajstić information content (AvgIpc) is 3.18. The predicted molar refractivity (Wildman–Crippen MR) is 141 cm³/mol. The third-order valence-electron chi connectivity index (χ3n) is 6.98. The lowest BCUT2D eigenvalue weighted by atomic mass is 9.97. The summed E-state index contributed by atoms with van der Waals surface area (Å²) in [7, 11) is 1.80. The normalized spacial score (nSPS) is 16.1. The molecule has 4 rings (SSSR count). The number of ether oxygens (including phenoxy) is 1. The Hall–Kier alpha value is -2.71. The standard InChI is InChI=1S/C27H40N6O2/c1-6-9-22-24-25(31(5)30-22)27(34)29-26(28-24)21-17-20(10-11-23(21)35-16-7-2)19(4)18-33-14-12-32(8-3)13-15-33/h10-11,17,19H,6-9,12-16,18H2,1-5H3,(H,28,29,34). The number of H-pyrrole nitrogens is 1. The van der Waals surface area contributed by atoms with Gasteiger partial charge in [0.15, 0.2) is 5.52 Å². The number of benzene rings is 1. The smallest absolute Gasteiger partial charge is 0.277 e. The Labute approximate surface area is 208 Å². The minimum absolute atomic E-state index is 0.170. The van der Waals surface area contributed by atoms with Crippen molar-refractivity contribution in [3.8, 4) is 17.1 Å². The van der Waals surface area contributed by atoms with Crippen molar-refractivity contribution in [1.82, 2.24) is 29.5 Å². The van der Waals surface area contributed by atoms with Crippen LogP contribution in [0.1, 0.15) is 57.7 Å². The van der Waals surface area contributed by atoms with Gasteiger partial charge in [0.25, 0.3) is 5.56 Å². The molecule has 0 spiro atoms. The molecule has 1 atom stereocenters. The van der Waals surface area contributed by atoms with E-state index in [9.17, 15) is 4.79 Å². The largest absolute Gasteiger partial charge is 0.493 e. The van der Waals surface area contributed by atoms with Crippen LogP contribution in [0.2, 0.25) is 0 Å². The topological polar surface area (TPSA) is 79.3 Å². The van der Waals surface area contributed by atoms with E-state index in [4.69, 9.17) is 9.72 Å². The van der Waals surface area contributed by atoms with Gasteiger partial charge < -0.3 is 19.5 Å². The van der Waals surface area contributed by atoms with Crippen LogP contribution >= 0.6 is 0 Å². The molecule has 8 heteroatoms. The van der Waals surface area contributed by atoms with Gasteiger partial charge in [-0.1, -0.05) is 40.2 Å². The minimum Gasteiger partial charge on any atom is -0.493 e. The van der Waals surface area contributed by atoms with Gasteiger partial charge in [0.05, 0.1) is 17.9 Å². The SMILES string of the molecule is CCCOc1ccc(C(C)CN2CCN(CC)CC2)cc1-c1nc2c(CCC)nn(C)c2c(=O)[nH]1. The lowest BCUT2D eigenvalue weighted by molar-refractivity contribution is 0.133. The molecular weight excluding hydrogens is 440 g/mol. The molecule has 35 heavy (non-hydrogen) atoms. The third-order valence-corrected chi connectivity index (χ3v) is 6.98. The molecule has 1 N–H and O–H groups in total. The Morgan fingerprint density at radius 2 is 1.83 bits per heavy atom. The van der Waals surface area contributed by atoms with Crippen molar-refractivity contribution < 1.29 is 4.74 Å². The van der Waals surface area contributed by atoms with Crippen molar-refractivity contribution in [2.75, 3.05) is 45.9 Å². The second kappa shape index (κ2) is 11.4. The molecule has 1 fully saturated rings. The maximum absolute atomic E-state index is 13.1. The van der Waals surface area contributed by atoms with E-state index < -0.39 is 0 Å². The van der Waals surface area contributed by atoms with Crippen molar-refractivity contribution in [2.24, 2.45) is 7.05 Å². The molecule has 0 bridgehead atoms. The Morgan fingerprint density at radius 3 is 2.51 bits per heavy atom. The van der Waals surface area contributed by atoms with Gasteiger partial charge in [-0.2, -0.15) is 5.10 Å². The van der Waals surface area contributed by atoms with E-state index in [0.717, 1.165) is 75.5 Å². The van der Waals surface area contributed by atoms with Gasteiger partial charge in [-0.05, 0) is 43.0 Å². The number of fused-ring (bicyclic) bond motifs is 1. The first-order valence-electron chi connectivity index (χ1n) is 13.1. The molecule has 0 amide bonds. The van der Waals surface area contributed by atoms with Gasteiger partial charge in [0.2, 0.25) is 0 Å². The van der Waals surface area contributed by atoms with Gasteiger partial charge in [-0.15, -0.1) is 0 Å². The second-order valence-electron chi connectivity index (χ2n) is 9.67. The highest BCUT2D eigenvalue weighted by atomic mass is 16.5. The highest BCUT2D eigenvalue weighted by Gasteiger charge is 2.21. The van der Waals surface area contributed by atoms with Gasteiger partial charge in [-0.25, -0.2) is 4.98 Å². The second-order valence-corrected chi connectivity index (χ2v) is 9.67. The van der Waals surface area contributed by atoms with E-state index in [2.05, 4.69) is 59.7 Å². The molecule has 1 aromatic carbocycles. The fraction of sp³-hybridized carbons (Fsp3) is 0.593. The zero-order valence-corrected chi connectivity index (χ0v) is 21.9. The molecule has 2 aromatic heterocycles. The zero-order chi connectivity index (χ0) is 24.9. The van der Waals surface area contributed by atoms with Gasteiger partial charge in [-0.3, -0.25) is 9.48 Å². The monoisotopic (exact) mass is 480 g/mol. The number of aromatic nitrogens is 4. The molecule has 0 saturated carbocycles. The van der Waals surface area contributed by atoms with Crippen LogP contribution in [-0.2, 0) is 13.5 Å². The van der Waals surface area contributed by atoms with Crippen LogP contribution in [-0.4, -0.2) is 75.4 Å². The first-order valence-corrected chi connectivity index (χ1v) is 13.1. The van der Waals surface area contributed by atoms with Crippen LogP contribution in [0.25, 0.3) is 22.4 Å². The van der Waals surface area contributed by atoms with Crippen molar-refractivity contribution in [1.29, 1.82) is 0 Å². The highest BCUT2D eigenvalue weighted by Crippen LogP contribution is 2.32. The fourth-order valence-corrected chi connectivity index (χ4v) is 4.94. The van der Waals surface area contributed by atoms with E-state index >= 15 is 0 Å². The van der Waals surface area contributed by atoms with Crippen molar-refractivity contribution in [2.45, 2.75) is 52.9 Å². The Bertz CT molecular complexity index is 1190. The van der Waals surface area contributed by atoms with Crippen molar-refractivity contribution in [3.05, 3.63) is 39.8 Å². The number of hydrogen-bond acceptors (Lipinski definition) is 6. The van der Waals surface area contributed by atoms with Gasteiger partial charge >= 0.3 is 0 Å². The van der Waals surface area contributed by atoms with E-state index in [1.165, 1.54) is 5.56 Å². The number of nitrogens with zero attached hydrogens (tertiary/aromatic N) is 5. The minimum atomic E-state index is -0.170. The fourth-order valence-electron chi connectivity index (χ4n) is 4.94. The summed E-state index contributed by atoms with van der Waals surface area (Å²) in [5.74, 6) is 1.65. The number of piperazine rings is 1. The summed E-state index contributed by atoms with van der Waals surface area (Å²) in [6.45, 7) is 15.9. The van der Waals surface area contributed by atoms with Crippen molar-refractivity contribution in [3.63, 3.8) is 0 Å². The molecular formula is C27H40N6O2. The van der Waals surface area contributed by atoms with Crippen LogP contribution < -0.4 is 10.3 Å². The maximum Gasteiger partial charge on any atom is 0.277 e. The number of nitrogens with one attached hydrogen (secondary N) is 1. The molecule has 1 aliphatic heterocycles. The Balaban J connectivity index is 1.69. The molecule has 0 aliphatic carbocycles. The summed E-state index contributed by atoms with van der Waals surface area (Å²) in [6, 6.07) is 6.34. The maximum atomic E-state index is 13.1. The first kappa shape index (κ1) is 25.4. The van der Waals surface area contributed by atoms with E-state index in [1.54, 1.807) is 11.7 Å². The summed E-state index contributed by atoms with van der Waals surface area (Å²) in [5.41, 5.74) is 3.96. The summed E-state index contributed by atoms with van der Waals surface area (Å²) in [5, 5.41) is 4.56. The number of rotatable bonds is 10. The van der Waals surface area contributed by atoms with E-state index in [-0.39, 0.29) is 5.56 Å². The zero-order valence-electron chi connectivity index (χ0n) is 21.9. The lowest BCUT2D eigenvalue weighted by Gasteiger charge is -2.35. The van der Waals surface area contributed by atoms with Gasteiger partial charge in [0, 0.05) is 39.8 Å². The average molecular weight is 481 g/mol. The van der Waals surface area contributed by atoms with Crippen LogP contribution in [0.3, 0.4) is 0 Å². The molecule has 3 heterocycles. The number of aromatic amines is 1. The van der Waals surface area contributed by atoms with Crippen LogP contribution in [0.15, 0.2) is 23.0 Å². The Kier molecular flexibility index (Phi) is 8.23. The third kappa shape index (κ3) is 5.59. The molecule has 1 unspecified atom stereocenters. The Morgan fingerprint density at radius 1 is 1.09 bits per heavy atom. The van der Waals surface area contributed by atoms with E-state index in [1.807, 2.05) is 6.07 Å². The molecule has 1 aliphatic rings. The number of aryl methyl sites for hydroxylation is 2. The van der Waals surface area contributed by atoms with Crippen LogP contribution in [0.5, 0.6) is 5.75 Å². The molecule has 190 valence electrons. The molecule has 8 nitrogen and oxygen atoms in total. The summed E-state index contributed by atoms with van der Waals surface area (Å²) in [6.07, 6.45) is 2.64. The van der Waals surface area contributed by atoms with Crippen LogP contribution in [0, 0.1) is 0 Å². The predicted octanol–water partition coefficient (Wildman–Crippen LogP) is 3.81.